The molecule has 1 unspecified atom stereocenters. The molecule has 1 heterocycles. The first-order chi connectivity index (χ1) is 7.27. The summed E-state index contributed by atoms with van der Waals surface area (Å²) in [5.74, 6) is -0.221. The monoisotopic (exact) mass is 223 g/mol. The Hall–Kier alpha value is -1.29. The number of amides is 2. The zero-order valence-electron chi connectivity index (χ0n) is 8.69. The lowest BCUT2D eigenvalue weighted by molar-refractivity contribution is -0.119. The maximum atomic E-state index is 11.2. The smallest absolute Gasteiger partial charge is 0.286 e. The molecule has 1 N–H and O–H groups in total. The summed E-state index contributed by atoms with van der Waals surface area (Å²) >= 11 is 1.03. The highest BCUT2D eigenvalue weighted by molar-refractivity contribution is 8.15. The first-order valence-corrected chi connectivity index (χ1v) is 5.72. The molecule has 0 saturated carbocycles. The molecule has 1 saturated heterocycles. The predicted molar refractivity (Wildman–Crippen MR) is 61.7 cm³/mol. The van der Waals surface area contributed by atoms with Crippen molar-refractivity contribution in [1.82, 2.24) is 5.32 Å². The van der Waals surface area contributed by atoms with Crippen molar-refractivity contribution in [2.24, 2.45) is 0 Å². The Morgan fingerprint density at radius 3 is 2.20 bits per heavy atom. The Balaban J connectivity index is 0.000000531. The number of imide groups is 1. The minimum atomic E-state index is -0.367. The van der Waals surface area contributed by atoms with E-state index in [1.54, 1.807) is 0 Å². The Morgan fingerprint density at radius 1 is 1.13 bits per heavy atom. The lowest BCUT2D eigenvalue weighted by Gasteiger charge is -2.03. The molecule has 1 aliphatic heterocycles. The number of carbonyl (C=O) groups is 2. The van der Waals surface area contributed by atoms with E-state index in [4.69, 9.17) is 0 Å². The second kappa shape index (κ2) is 5.56. The van der Waals surface area contributed by atoms with Crippen molar-refractivity contribution in [2.45, 2.75) is 19.1 Å². The van der Waals surface area contributed by atoms with Crippen LogP contribution in [0.25, 0.3) is 0 Å². The first kappa shape index (κ1) is 11.8. The molecule has 1 atom stereocenters. The number of benzene rings is 1. The van der Waals surface area contributed by atoms with Gasteiger partial charge in [0.1, 0.15) is 5.25 Å². The Kier molecular flexibility index (Phi) is 4.37. The quantitative estimate of drug-likeness (QED) is 0.796. The first-order valence-electron chi connectivity index (χ1n) is 4.84. The summed E-state index contributed by atoms with van der Waals surface area (Å²) in [5, 5.41) is 1.62. The third-order valence-corrected chi connectivity index (χ3v) is 2.83. The van der Waals surface area contributed by atoms with Crippen molar-refractivity contribution in [3.63, 3.8) is 0 Å². The third kappa shape index (κ3) is 2.83. The molecule has 0 radical (unpaired) electrons. The Bertz CT molecular complexity index is 351. The summed E-state index contributed by atoms with van der Waals surface area (Å²) in [6.45, 7) is 4.00. The molecule has 80 valence electrons. The molecule has 2 rings (SSSR count). The van der Waals surface area contributed by atoms with Crippen molar-refractivity contribution < 1.29 is 9.59 Å². The van der Waals surface area contributed by atoms with Crippen LogP contribution >= 0.6 is 11.8 Å². The van der Waals surface area contributed by atoms with Gasteiger partial charge in [0.2, 0.25) is 5.91 Å². The molecule has 1 aromatic rings. The lowest BCUT2D eigenvalue weighted by atomic mass is 10.1. The molecule has 0 aliphatic carbocycles. The van der Waals surface area contributed by atoms with E-state index < -0.39 is 0 Å². The molecule has 1 fully saturated rings. The molecule has 0 bridgehead atoms. The van der Waals surface area contributed by atoms with E-state index in [0.29, 0.717) is 0 Å². The number of carbonyl (C=O) groups excluding carboxylic acids is 2. The molecule has 0 spiro atoms. The van der Waals surface area contributed by atoms with Crippen LogP contribution in [0.2, 0.25) is 0 Å². The number of hydrogen-bond acceptors (Lipinski definition) is 3. The molecule has 2 amide bonds. The highest BCUT2D eigenvalue weighted by Gasteiger charge is 2.32. The largest absolute Gasteiger partial charge is 0.286 e. The number of hydrogen-bond donors (Lipinski definition) is 1. The molecular formula is C11H13NO2S. The van der Waals surface area contributed by atoms with Gasteiger partial charge < -0.3 is 0 Å². The van der Waals surface area contributed by atoms with Crippen LogP contribution < -0.4 is 5.32 Å². The van der Waals surface area contributed by atoms with Crippen LogP contribution in [0.3, 0.4) is 0 Å². The molecule has 1 aliphatic rings. The minimum absolute atomic E-state index is 0.221. The minimum Gasteiger partial charge on any atom is -0.286 e. The maximum Gasteiger partial charge on any atom is 0.286 e. The summed E-state index contributed by atoms with van der Waals surface area (Å²) in [7, 11) is 0. The van der Waals surface area contributed by atoms with Crippen LogP contribution in [0.1, 0.15) is 24.7 Å². The van der Waals surface area contributed by atoms with E-state index in [1.807, 2.05) is 44.2 Å². The number of thioether (sulfide) groups is 1. The van der Waals surface area contributed by atoms with E-state index in [1.165, 1.54) is 0 Å². The van der Waals surface area contributed by atoms with Gasteiger partial charge in [-0.15, -0.1) is 0 Å². The van der Waals surface area contributed by atoms with Crippen LogP contribution in [0.4, 0.5) is 4.79 Å². The fourth-order valence-electron chi connectivity index (χ4n) is 1.20. The third-order valence-electron chi connectivity index (χ3n) is 1.79. The molecule has 0 aromatic heterocycles. The molecular weight excluding hydrogens is 210 g/mol. The summed E-state index contributed by atoms with van der Waals surface area (Å²) in [6, 6.07) is 9.27. The molecule has 3 nitrogen and oxygen atoms in total. The van der Waals surface area contributed by atoms with Crippen molar-refractivity contribution in [2.75, 3.05) is 0 Å². The van der Waals surface area contributed by atoms with Gasteiger partial charge >= 0.3 is 0 Å². The van der Waals surface area contributed by atoms with Gasteiger partial charge in [0.25, 0.3) is 5.24 Å². The average Bonchev–Trinajstić information content (AvgIpc) is 2.62. The van der Waals surface area contributed by atoms with E-state index in [-0.39, 0.29) is 16.4 Å². The fourth-order valence-corrected chi connectivity index (χ4v) is 2.04. The highest BCUT2D eigenvalue weighted by Crippen LogP contribution is 2.33. The number of nitrogens with one attached hydrogen (secondary N) is 1. The summed E-state index contributed by atoms with van der Waals surface area (Å²) in [5.41, 5.74) is 0.871. The summed E-state index contributed by atoms with van der Waals surface area (Å²) in [4.78, 5) is 22.1. The normalized spacial score (nSPS) is 19.2. The second-order valence-corrected chi connectivity index (χ2v) is 3.76. The molecule has 15 heavy (non-hydrogen) atoms. The van der Waals surface area contributed by atoms with Crippen molar-refractivity contribution >= 4 is 22.9 Å². The predicted octanol–water partition coefficient (Wildman–Crippen LogP) is 2.74. The van der Waals surface area contributed by atoms with Gasteiger partial charge in [-0.3, -0.25) is 14.9 Å². The average molecular weight is 223 g/mol. The molecule has 1 aromatic carbocycles. The summed E-state index contributed by atoms with van der Waals surface area (Å²) < 4.78 is 0. The van der Waals surface area contributed by atoms with Gasteiger partial charge in [0, 0.05) is 0 Å². The Morgan fingerprint density at radius 2 is 1.73 bits per heavy atom. The van der Waals surface area contributed by atoms with E-state index in [9.17, 15) is 9.59 Å². The Labute approximate surface area is 93.3 Å². The van der Waals surface area contributed by atoms with E-state index in [2.05, 4.69) is 5.32 Å². The second-order valence-electron chi connectivity index (χ2n) is 2.69. The van der Waals surface area contributed by atoms with Crippen LogP contribution in [0.15, 0.2) is 30.3 Å². The van der Waals surface area contributed by atoms with Gasteiger partial charge in [0.15, 0.2) is 0 Å². The lowest BCUT2D eigenvalue weighted by Crippen LogP contribution is -2.20. The van der Waals surface area contributed by atoms with Gasteiger partial charge in [-0.25, -0.2) is 0 Å². The van der Waals surface area contributed by atoms with E-state index in [0.717, 1.165) is 17.3 Å². The number of rotatable bonds is 1. The zero-order chi connectivity index (χ0) is 11.3. The molecule has 4 heteroatoms. The maximum absolute atomic E-state index is 11.2. The van der Waals surface area contributed by atoms with Crippen molar-refractivity contribution in [1.29, 1.82) is 0 Å². The van der Waals surface area contributed by atoms with Crippen LogP contribution in [-0.4, -0.2) is 11.1 Å². The van der Waals surface area contributed by atoms with Gasteiger partial charge in [0.05, 0.1) is 0 Å². The zero-order valence-corrected chi connectivity index (χ0v) is 9.51. The topological polar surface area (TPSA) is 46.2 Å². The van der Waals surface area contributed by atoms with Crippen molar-refractivity contribution in [3.8, 4) is 0 Å². The standard InChI is InChI=1S/C9H7NO2S.C2H6/c11-8-7(13-9(12)10-8)6-4-2-1-3-5-6;1-2/h1-5,7H,(H,10,11,12);1-2H3. The van der Waals surface area contributed by atoms with Gasteiger partial charge in [-0.2, -0.15) is 0 Å². The fraction of sp³-hybridized carbons (Fsp3) is 0.273. The van der Waals surface area contributed by atoms with Crippen LogP contribution in [0, 0.1) is 0 Å². The summed E-state index contributed by atoms with van der Waals surface area (Å²) in [6.07, 6.45) is 0. The van der Waals surface area contributed by atoms with Crippen LogP contribution in [0.5, 0.6) is 0 Å². The SMILES string of the molecule is CC.O=C1NC(=O)C(c2ccccc2)S1. The highest BCUT2D eigenvalue weighted by atomic mass is 32.2. The van der Waals surface area contributed by atoms with Gasteiger partial charge in [-0.1, -0.05) is 44.2 Å². The van der Waals surface area contributed by atoms with Crippen molar-refractivity contribution in [3.05, 3.63) is 35.9 Å². The van der Waals surface area contributed by atoms with Crippen LogP contribution in [-0.2, 0) is 4.79 Å². The van der Waals surface area contributed by atoms with Gasteiger partial charge in [-0.05, 0) is 17.3 Å². The van der Waals surface area contributed by atoms with E-state index >= 15 is 0 Å².